The van der Waals surface area contributed by atoms with E-state index >= 15 is 0 Å². The van der Waals surface area contributed by atoms with Crippen LogP contribution >= 0.6 is 0 Å². The van der Waals surface area contributed by atoms with Crippen LogP contribution in [0.5, 0.6) is 5.75 Å². The standard InChI is InChI=1S/C23H28N2O7/c1-23(2,3)32-22(27)24-18(21(26)31-5)13-16-12-17(11-15-9-7-6-8-10-15)20(30-4)14-19(16)25(28)29/h6-10,12,14,18H,11,13H2,1-5H3,(H,24,27)/t18-/m0/s1. The van der Waals surface area contributed by atoms with Crippen LogP contribution < -0.4 is 10.1 Å². The Morgan fingerprint density at radius 3 is 2.28 bits per heavy atom. The first-order chi connectivity index (χ1) is 15.0. The summed E-state index contributed by atoms with van der Waals surface area (Å²) < 4.78 is 15.4. The second kappa shape index (κ2) is 10.6. The molecule has 0 unspecified atom stereocenters. The number of esters is 1. The zero-order chi connectivity index (χ0) is 23.9. The van der Waals surface area contributed by atoms with E-state index in [4.69, 9.17) is 14.2 Å². The fourth-order valence-corrected chi connectivity index (χ4v) is 3.15. The summed E-state index contributed by atoms with van der Waals surface area (Å²) in [6.45, 7) is 5.05. The molecule has 9 nitrogen and oxygen atoms in total. The SMILES string of the molecule is COC(=O)[C@H](Cc1cc(Cc2ccccc2)c(OC)cc1[N+](=O)[O-])NC(=O)OC(C)(C)C. The average molecular weight is 444 g/mol. The predicted octanol–water partition coefficient (Wildman–Crippen LogP) is 3.80. The largest absolute Gasteiger partial charge is 0.496 e. The van der Waals surface area contributed by atoms with Crippen LogP contribution in [0.4, 0.5) is 10.5 Å². The van der Waals surface area contributed by atoms with Gasteiger partial charge in [0, 0.05) is 18.4 Å². The number of carbonyl (C=O) groups excluding carboxylic acids is 2. The average Bonchev–Trinajstić information content (AvgIpc) is 2.72. The second-order valence-corrected chi connectivity index (χ2v) is 8.14. The van der Waals surface area contributed by atoms with Crippen LogP contribution in [-0.2, 0) is 27.1 Å². The first-order valence-electron chi connectivity index (χ1n) is 9.99. The monoisotopic (exact) mass is 444 g/mol. The maximum atomic E-state index is 12.3. The Labute approximate surface area is 186 Å². The van der Waals surface area contributed by atoms with E-state index < -0.39 is 28.6 Å². The van der Waals surface area contributed by atoms with E-state index in [-0.39, 0.29) is 17.7 Å². The smallest absolute Gasteiger partial charge is 0.408 e. The summed E-state index contributed by atoms with van der Waals surface area (Å²) >= 11 is 0. The normalized spacial score (nSPS) is 11.9. The number of nitro benzene ring substituents is 1. The second-order valence-electron chi connectivity index (χ2n) is 8.14. The number of nitro groups is 1. The molecule has 0 heterocycles. The molecule has 2 rings (SSSR count). The zero-order valence-electron chi connectivity index (χ0n) is 18.8. The molecule has 172 valence electrons. The molecule has 2 aromatic carbocycles. The summed E-state index contributed by atoms with van der Waals surface area (Å²) in [5.74, 6) is -0.385. The molecule has 2 aromatic rings. The van der Waals surface area contributed by atoms with Crippen molar-refractivity contribution in [1.82, 2.24) is 5.32 Å². The molecule has 0 aromatic heterocycles. The van der Waals surface area contributed by atoms with Gasteiger partial charge in [-0.2, -0.15) is 0 Å². The summed E-state index contributed by atoms with van der Waals surface area (Å²) in [6, 6.07) is 11.3. The van der Waals surface area contributed by atoms with E-state index in [9.17, 15) is 19.7 Å². The summed E-state index contributed by atoms with van der Waals surface area (Å²) in [7, 11) is 2.61. The van der Waals surface area contributed by atoms with Gasteiger partial charge in [0.05, 0.1) is 25.2 Å². The highest BCUT2D eigenvalue weighted by Gasteiger charge is 2.29. The van der Waals surface area contributed by atoms with Crippen LogP contribution in [0.2, 0.25) is 0 Å². The molecule has 1 N–H and O–H groups in total. The number of carbonyl (C=O) groups is 2. The number of amides is 1. The van der Waals surface area contributed by atoms with Gasteiger partial charge in [0.15, 0.2) is 0 Å². The van der Waals surface area contributed by atoms with E-state index in [2.05, 4.69) is 5.32 Å². The third-order valence-corrected chi connectivity index (χ3v) is 4.52. The van der Waals surface area contributed by atoms with Gasteiger partial charge in [0.2, 0.25) is 0 Å². The molecule has 0 saturated heterocycles. The molecule has 0 aliphatic rings. The Bertz CT molecular complexity index is 968. The number of alkyl carbamates (subject to hydrolysis) is 1. The molecule has 9 heteroatoms. The Morgan fingerprint density at radius 2 is 1.75 bits per heavy atom. The van der Waals surface area contributed by atoms with Crippen molar-refractivity contribution in [2.75, 3.05) is 14.2 Å². The minimum Gasteiger partial charge on any atom is -0.496 e. The number of nitrogens with zero attached hydrogens (tertiary/aromatic N) is 1. The number of hydrogen-bond acceptors (Lipinski definition) is 7. The number of benzene rings is 2. The van der Waals surface area contributed by atoms with E-state index in [1.807, 2.05) is 30.3 Å². The van der Waals surface area contributed by atoms with Crippen LogP contribution in [0.3, 0.4) is 0 Å². The maximum absolute atomic E-state index is 12.3. The van der Waals surface area contributed by atoms with Gasteiger partial charge >= 0.3 is 12.1 Å². The molecule has 0 fully saturated rings. The molecule has 0 aliphatic carbocycles. The lowest BCUT2D eigenvalue weighted by Crippen LogP contribution is -2.45. The van der Waals surface area contributed by atoms with Gasteiger partial charge in [-0.1, -0.05) is 30.3 Å². The highest BCUT2D eigenvalue weighted by molar-refractivity contribution is 5.82. The van der Waals surface area contributed by atoms with Gasteiger partial charge < -0.3 is 19.5 Å². The molecule has 0 spiro atoms. The highest BCUT2D eigenvalue weighted by Crippen LogP contribution is 2.31. The fraction of sp³-hybridized carbons (Fsp3) is 0.391. The van der Waals surface area contributed by atoms with Crippen molar-refractivity contribution < 1.29 is 28.7 Å². The Morgan fingerprint density at radius 1 is 1.09 bits per heavy atom. The van der Waals surface area contributed by atoms with Crippen molar-refractivity contribution in [3.8, 4) is 5.75 Å². The molecular formula is C23H28N2O7. The summed E-state index contributed by atoms with van der Waals surface area (Å²) in [6.07, 6.45) is -0.514. The minimum atomic E-state index is -1.17. The molecule has 0 aliphatic heterocycles. The van der Waals surface area contributed by atoms with Crippen molar-refractivity contribution in [1.29, 1.82) is 0 Å². The third kappa shape index (κ3) is 6.97. The van der Waals surface area contributed by atoms with Crippen molar-refractivity contribution in [3.63, 3.8) is 0 Å². The first-order valence-corrected chi connectivity index (χ1v) is 9.99. The van der Waals surface area contributed by atoms with Crippen LogP contribution in [0, 0.1) is 10.1 Å². The molecule has 1 amide bonds. The number of methoxy groups -OCH3 is 2. The van der Waals surface area contributed by atoms with Crippen molar-refractivity contribution in [2.45, 2.75) is 45.3 Å². The lowest BCUT2D eigenvalue weighted by Gasteiger charge is -2.23. The third-order valence-electron chi connectivity index (χ3n) is 4.52. The lowest BCUT2D eigenvalue weighted by atomic mass is 9.97. The molecule has 1 atom stereocenters. The zero-order valence-corrected chi connectivity index (χ0v) is 18.8. The molecule has 0 radical (unpaired) electrons. The van der Waals surface area contributed by atoms with Gasteiger partial charge in [-0.05, 0) is 38.0 Å². The number of rotatable bonds is 8. The minimum absolute atomic E-state index is 0.159. The summed E-state index contributed by atoms with van der Waals surface area (Å²) in [5.41, 5.74) is 0.952. The quantitative estimate of drug-likeness (QED) is 0.374. The van der Waals surface area contributed by atoms with E-state index in [0.717, 1.165) is 5.56 Å². The molecule has 0 saturated carbocycles. The van der Waals surface area contributed by atoms with Crippen LogP contribution in [-0.4, -0.2) is 42.8 Å². The van der Waals surface area contributed by atoms with E-state index in [1.54, 1.807) is 26.8 Å². The van der Waals surface area contributed by atoms with Gasteiger partial charge in [0.1, 0.15) is 17.4 Å². The van der Waals surface area contributed by atoms with Crippen LogP contribution in [0.15, 0.2) is 42.5 Å². The van der Waals surface area contributed by atoms with Crippen molar-refractivity contribution in [3.05, 3.63) is 69.3 Å². The highest BCUT2D eigenvalue weighted by atomic mass is 16.6. The molecular weight excluding hydrogens is 416 g/mol. The fourth-order valence-electron chi connectivity index (χ4n) is 3.15. The van der Waals surface area contributed by atoms with Crippen molar-refractivity contribution in [2.24, 2.45) is 0 Å². The van der Waals surface area contributed by atoms with E-state index in [0.29, 0.717) is 17.7 Å². The van der Waals surface area contributed by atoms with Gasteiger partial charge in [-0.25, -0.2) is 9.59 Å². The topological polar surface area (TPSA) is 117 Å². The Kier molecular flexibility index (Phi) is 8.17. The Balaban J connectivity index is 2.42. The molecule has 32 heavy (non-hydrogen) atoms. The van der Waals surface area contributed by atoms with Crippen molar-refractivity contribution >= 4 is 17.7 Å². The summed E-state index contributed by atoms with van der Waals surface area (Å²) in [4.78, 5) is 35.7. The number of hydrogen-bond donors (Lipinski definition) is 1. The lowest BCUT2D eigenvalue weighted by molar-refractivity contribution is -0.385. The summed E-state index contributed by atoms with van der Waals surface area (Å²) in [5, 5.41) is 14.2. The molecule has 0 bridgehead atoms. The van der Waals surface area contributed by atoms with Gasteiger partial charge in [0.25, 0.3) is 5.69 Å². The predicted molar refractivity (Wildman–Crippen MR) is 118 cm³/mol. The Hall–Kier alpha value is -3.62. The number of ether oxygens (including phenoxy) is 3. The van der Waals surface area contributed by atoms with Crippen LogP contribution in [0.1, 0.15) is 37.5 Å². The van der Waals surface area contributed by atoms with Gasteiger partial charge in [-0.15, -0.1) is 0 Å². The maximum Gasteiger partial charge on any atom is 0.408 e. The van der Waals surface area contributed by atoms with Crippen LogP contribution in [0.25, 0.3) is 0 Å². The van der Waals surface area contributed by atoms with E-state index in [1.165, 1.54) is 20.3 Å². The van der Waals surface area contributed by atoms with Gasteiger partial charge in [-0.3, -0.25) is 10.1 Å². The first kappa shape index (κ1) is 24.6. The number of nitrogens with one attached hydrogen (secondary N) is 1.